The first-order chi connectivity index (χ1) is 13.0. The van der Waals surface area contributed by atoms with Gasteiger partial charge in [-0.25, -0.2) is 9.07 Å². The van der Waals surface area contributed by atoms with Crippen molar-refractivity contribution in [3.63, 3.8) is 0 Å². The highest BCUT2D eigenvalue weighted by molar-refractivity contribution is 5.98. The third kappa shape index (κ3) is 3.10. The van der Waals surface area contributed by atoms with E-state index in [1.807, 2.05) is 48.9 Å². The molecule has 0 aliphatic heterocycles. The Labute approximate surface area is 155 Å². The fourth-order valence-corrected chi connectivity index (χ4v) is 3.27. The van der Waals surface area contributed by atoms with Crippen LogP contribution in [0.4, 0.5) is 4.39 Å². The molecule has 2 N–H and O–H groups in total. The van der Waals surface area contributed by atoms with Crippen LogP contribution < -0.4 is 5.32 Å². The van der Waals surface area contributed by atoms with Gasteiger partial charge in [0.2, 0.25) is 0 Å². The maximum absolute atomic E-state index is 13.8. The van der Waals surface area contributed by atoms with Crippen LogP contribution in [0.25, 0.3) is 16.6 Å². The maximum Gasteiger partial charge on any atom is 0.268 e. The molecule has 136 valence electrons. The van der Waals surface area contributed by atoms with Crippen LogP contribution in [-0.2, 0) is 0 Å². The molecule has 0 fully saturated rings. The summed E-state index contributed by atoms with van der Waals surface area (Å²) in [5.41, 5.74) is 3.77. The number of hydrogen-bond acceptors (Lipinski definition) is 2. The molecule has 6 heteroatoms. The lowest BCUT2D eigenvalue weighted by molar-refractivity contribution is 0.0935. The van der Waals surface area contributed by atoms with Gasteiger partial charge < -0.3 is 10.3 Å². The number of nitrogens with zero attached hydrogens (tertiary/aromatic N) is 2. The fraction of sp³-hybridized carbons (Fsp3) is 0.143. The van der Waals surface area contributed by atoms with E-state index in [9.17, 15) is 9.18 Å². The van der Waals surface area contributed by atoms with Crippen LogP contribution in [0.15, 0.2) is 60.8 Å². The molecule has 2 aromatic carbocycles. The Hall–Kier alpha value is -3.41. The monoisotopic (exact) mass is 362 g/mol. The zero-order valence-corrected chi connectivity index (χ0v) is 15.0. The number of halogens is 1. The number of aromatic nitrogens is 3. The molecule has 2 aromatic heterocycles. The van der Waals surface area contributed by atoms with E-state index in [2.05, 4.69) is 15.4 Å². The second kappa shape index (κ2) is 6.72. The van der Waals surface area contributed by atoms with Crippen molar-refractivity contribution in [1.29, 1.82) is 0 Å². The average Bonchev–Trinajstić information content (AvgIpc) is 3.27. The van der Waals surface area contributed by atoms with Crippen LogP contribution in [0.5, 0.6) is 0 Å². The number of carbonyl (C=O) groups is 1. The summed E-state index contributed by atoms with van der Waals surface area (Å²) in [7, 11) is 0. The van der Waals surface area contributed by atoms with Crippen molar-refractivity contribution >= 4 is 16.8 Å². The minimum absolute atomic E-state index is 0.244. The summed E-state index contributed by atoms with van der Waals surface area (Å²) in [6, 6.07) is 15.8. The predicted molar refractivity (Wildman–Crippen MR) is 102 cm³/mol. The number of para-hydroxylation sites is 1. The standard InChI is InChI=1S/C21H19FN4O/c1-13(17-12-23-26(14(17)2)15-7-4-3-5-8-15)24-21(27)20-11-16-18(22)9-6-10-19(16)25-20/h3-13,25H,1-2H3,(H,24,27). The summed E-state index contributed by atoms with van der Waals surface area (Å²) in [6.45, 7) is 3.87. The largest absolute Gasteiger partial charge is 0.350 e. The minimum atomic E-state index is -0.351. The maximum atomic E-state index is 13.8. The lowest BCUT2D eigenvalue weighted by Crippen LogP contribution is -2.27. The molecule has 0 radical (unpaired) electrons. The molecule has 0 spiro atoms. The Morgan fingerprint density at radius 3 is 2.70 bits per heavy atom. The molecule has 27 heavy (non-hydrogen) atoms. The van der Waals surface area contributed by atoms with Gasteiger partial charge in [0.25, 0.3) is 5.91 Å². The Balaban J connectivity index is 1.57. The number of carbonyl (C=O) groups excluding carboxylic acids is 1. The smallest absolute Gasteiger partial charge is 0.268 e. The molecule has 2 heterocycles. The number of amides is 1. The van der Waals surface area contributed by atoms with Gasteiger partial charge in [0, 0.05) is 22.2 Å². The van der Waals surface area contributed by atoms with Crippen molar-refractivity contribution in [2.24, 2.45) is 0 Å². The fourth-order valence-electron chi connectivity index (χ4n) is 3.27. The lowest BCUT2D eigenvalue weighted by Gasteiger charge is -2.13. The van der Waals surface area contributed by atoms with Gasteiger partial charge in [-0.15, -0.1) is 0 Å². The molecule has 1 atom stereocenters. The molecule has 5 nitrogen and oxygen atoms in total. The van der Waals surface area contributed by atoms with Crippen molar-refractivity contribution in [2.75, 3.05) is 0 Å². The van der Waals surface area contributed by atoms with E-state index < -0.39 is 0 Å². The van der Waals surface area contributed by atoms with Crippen LogP contribution in [0.1, 0.15) is 34.7 Å². The predicted octanol–water partition coefficient (Wildman–Crippen LogP) is 4.29. The van der Waals surface area contributed by atoms with E-state index in [0.717, 1.165) is 16.9 Å². The molecular formula is C21H19FN4O. The lowest BCUT2D eigenvalue weighted by atomic mass is 10.1. The molecule has 0 saturated heterocycles. The Morgan fingerprint density at radius 2 is 1.96 bits per heavy atom. The highest BCUT2D eigenvalue weighted by Gasteiger charge is 2.18. The molecule has 0 bridgehead atoms. The van der Waals surface area contributed by atoms with Crippen molar-refractivity contribution in [2.45, 2.75) is 19.9 Å². The van der Waals surface area contributed by atoms with Crippen molar-refractivity contribution < 1.29 is 9.18 Å². The number of nitrogens with one attached hydrogen (secondary N) is 2. The first-order valence-electron chi connectivity index (χ1n) is 8.72. The van der Waals surface area contributed by atoms with Gasteiger partial charge in [-0.3, -0.25) is 4.79 Å². The summed E-state index contributed by atoms with van der Waals surface area (Å²) < 4.78 is 15.7. The van der Waals surface area contributed by atoms with Gasteiger partial charge >= 0.3 is 0 Å². The summed E-state index contributed by atoms with van der Waals surface area (Å²) in [6.07, 6.45) is 1.76. The van der Waals surface area contributed by atoms with Crippen LogP contribution in [0, 0.1) is 12.7 Å². The summed E-state index contributed by atoms with van der Waals surface area (Å²) in [4.78, 5) is 15.6. The third-order valence-corrected chi connectivity index (χ3v) is 4.72. The van der Waals surface area contributed by atoms with E-state index in [1.54, 1.807) is 18.3 Å². The highest BCUT2D eigenvalue weighted by Crippen LogP contribution is 2.22. The first-order valence-corrected chi connectivity index (χ1v) is 8.72. The molecule has 4 rings (SSSR count). The topological polar surface area (TPSA) is 62.7 Å². The summed E-state index contributed by atoms with van der Waals surface area (Å²) >= 11 is 0. The quantitative estimate of drug-likeness (QED) is 0.569. The number of H-pyrrole nitrogens is 1. The number of hydrogen-bond donors (Lipinski definition) is 2. The van der Waals surface area contributed by atoms with E-state index in [1.165, 1.54) is 12.1 Å². The minimum Gasteiger partial charge on any atom is -0.350 e. The first kappa shape index (κ1) is 17.0. The molecule has 0 aliphatic rings. The van der Waals surface area contributed by atoms with Crippen LogP contribution in [0.3, 0.4) is 0 Å². The van der Waals surface area contributed by atoms with Gasteiger partial charge in [0.15, 0.2) is 0 Å². The molecule has 0 saturated carbocycles. The second-order valence-corrected chi connectivity index (χ2v) is 6.51. The Bertz CT molecular complexity index is 1110. The highest BCUT2D eigenvalue weighted by atomic mass is 19.1. The molecule has 4 aromatic rings. The van der Waals surface area contributed by atoms with Gasteiger partial charge in [-0.2, -0.15) is 5.10 Å². The summed E-state index contributed by atoms with van der Waals surface area (Å²) in [5.74, 6) is -0.638. The zero-order chi connectivity index (χ0) is 19.0. The van der Waals surface area contributed by atoms with Gasteiger partial charge in [0.1, 0.15) is 11.5 Å². The van der Waals surface area contributed by atoms with Crippen molar-refractivity contribution in [3.05, 3.63) is 83.6 Å². The van der Waals surface area contributed by atoms with E-state index in [4.69, 9.17) is 0 Å². The molecular weight excluding hydrogens is 343 g/mol. The van der Waals surface area contributed by atoms with Gasteiger partial charge in [-0.05, 0) is 44.2 Å². The normalized spacial score (nSPS) is 12.3. The van der Waals surface area contributed by atoms with Crippen LogP contribution >= 0.6 is 0 Å². The van der Waals surface area contributed by atoms with Crippen molar-refractivity contribution in [1.82, 2.24) is 20.1 Å². The molecule has 1 unspecified atom stereocenters. The van der Waals surface area contributed by atoms with Crippen molar-refractivity contribution in [3.8, 4) is 5.69 Å². The van der Waals surface area contributed by atoms with E-state index in [-0.39, 0.29) is 17.8 Å². The number of fused-ring (bicyclic) bond motifs is 1. The van der Waals surface area contributed by atoms with Crippen LogP contribution in [-0.4, -0.2) is 20.7 Å². The zero-order valence-electron chi connectivity index (χ0n) is 15.0. The number of benzene rings is 2. The van der Waals surface area contributed by atoms with E-state index >= 15 is 0 Å². The second-order valence-electron chi connectivity index (χ2n) is 6.51. The average molecular weight is 362 g/mol. The molecule has 0 aliphatic carbocycles. The third-order valence-electron chi connectivity index (χ3n) is 4.72. The van der Waals surface area contributed by atoms with Crippen LogP contribution in [0.2, 0.25) is 0 Å². The SMILES string of the molecule is Cc1c(C(C)NC(=O)c2cc3c(F)cccc3[nH]2)cnn1-c1ccccc1. The van der Waals surface area contributed by atoms with Gasteiger partial charge in [-0.1, -0.05) is 24.3 Å². The van der Waals surface area contributed by atoms with Gasteiger partial charge in [0.05, 0.1) is 17.9 Å². The van der Waals surface area contributed by atoms with E-state index in [0.29, 0.717) is 16.6 Å². The summed E-state index contributed by atoms with van der Waals surface area (Å²) in [5, 5.41) is 7.80. The number of rotatable bonds is 4. The Morgan fingerprint density at radius 1 is 1.19 bits per heavy atom. The molecule has 1 amide bonds. The number of aromatic amines is 1. The Kier molecular flexibility index (Phi) is 4.24.